The van der Waals surface area contributed by atoms with Gasteiger partial charge < -0.3 is 0 Å². The van der Waals surface area contributed by atoms with E-state index in [0.717, 1.165) is 18.8 Å². The minimum atomic E-state index is 1.03. The number of halogens is 1. The first-order valence-electron chi connectivity index (χ1n) is 4.00. The first-order valence-corrected chi connectivity index (χ1v) is 4.79. The lowest BCUT2D eigenvalue weighted by atomic mass is 10.2. The zero-order valence-corrected chi connectivity index (χ0v) is 8.85. The number of aryl methyl sites for hydroxylation is 1. The SMILES string of the molecule is Cc1ncc2c(c1Br)CN(C)C2. The second kappa shape index (κ2) is 2.82. The topological polar surface area (TPSA) is 16.1 Å². The van der Waals surface area contributed by atoms with Crippen LogP contribution in [0.1, 0.15) is 16.8 Å². The van der Waals surface area contributed by atoms with Crippen LogP contribution in [0.15, 0.2) is 10.7 Å². The molecule has 1 aliphatic heterocycles. The Morgan fingerprint density at radius 1 is 1.50 bits per heavy atom. The van der Waals surface area contributed by atoms with Gasteiger partial charge in [-0.05, 0) is 41.0 Å². The fraction of sp³-hybridized carbons (Fsp3) is 0.444. The molecule has 2 nitrogen and oxygen atoms in total. The predicted octanol–water partition coefficient (Wildman–Crippen LogP) is 2.10. The molecule has 0 bridgehead atoms. The van der Waals surface area contributed by atoms with E-state index in [0.29, 0.717) is 0 Å². The summed E-state index contributed by atoms with van der Waals surface area (Å²) in [7, 11) is 2.13. The van der Waals surface area contributed by atoms with Gasteiger partial charge in [0, 0.05) is 23.8 Å². The van der Waals surface area contributed by atoms with Gasteiger partial charge >= 0.3 is 0 Å². The number of fused-ring (bicyclic) bond motifs is 1. The molecule has 1 aromatic rings. The Bertz CT molecular complexity index is 323. The third-order valence-corrected chi connectivity index (χ3v) is 3.30. The normalized spacial score (nSPS) is 16.6. The summed E-state index contributed by atoms with van der Waals surface area (Å²) < 4.78 is 1.18. The molecule has 0 N–H and O–H groups in total. The summed E-state index contributed by atoms with van der Waals surface area (Å²) in [6.45, 7) is 4.10. The number of rotatable bonds is 0. The van der Waals surface area contributed by atoms with Crippen molar-refractivity contribution < 1.29 is 0 Å². The molecule has 1 aliphatic rings. The molecule has 0 aliphatic carbocycles. The van der Waals surface area contributed by atoms with Crippen LogP contribution in [0.2, 0.25) is 0 Å². The van der Waals surface area contributed by atoms with Crippen LogP contribution in [0, 0.1) is 6.92 Å². The van der Waals surface area contributed by atoms with Crippen LogP contribution < -0.4 is 0 Å². The van der Waals surface area contributed by atoms with Gasteiger partial charge in [0.05, 0.1) is 5.69 Å². The highest BCUT2D eigenvalue weighted by Gasteiger charge is 2.19. The standard InChI is InChI=1S/C9H11BrN2/c1-6-9(10)8-5-12(2)4-7(8)3-11-6/h3H,4-5H2,1-2H3. The molecule has 0 saturated carbocycles. The maximum absolute atomic E-state index is 4.31. The lowest BCUT2D eigenvalue weighted by Crippen LogP contribution is -2.07. The van der Waals surface area contributed by atoms with Gasteiger partial charge in [-0.3, -0.25) is 9.88 Å². The van der Waals surface area contributed by atoms with Crippen LogP contribution in [0.4, 0.5) is 0 Å². The molecule has 1 aromatic heterocycles. The number of hydrogen-bond acceptors (Lipinski definition) is 2. The Morgan fingerprint density at radius 3 is 3.00 bits per heavy atom. The smallest absolute Gasteiger partial charge is 0.0518 e. The van der Waals surface area contributed by atoms with Crippen LogP contribution in [0.3, 0.4) is 0 Å². The maximum atomic E-state index is 4.31. The van der Waals surface area contributed by atoms with Gasteiger partial charge in [0.25, 0.3) is 0 Å². The molecule has 3 heteroatoms. The van der Waals surface area contributed by atoms with E-state index in [2.05, 4.69) is 32.9 Å². The monoisotopic (exact) mass is 226 g/mol. The fourth-order valence-corrected chi connectivity index (χ4v) is 2.07. The quantitative estimate of drug-likeness (QED) is 0.674. The number of pyridine rings is 1. The summed E-state index contributed by atoms with van der Waals surface area (Å²) in [4.78, 5) is 6.60. The molecule has 2 rings (SSSR count). The Labute approximate surface area is 80.7 Å². The zero-order chi connectivity index (χ0) is 8.72. The molecule has 64 valence electrons. The third-order valence-electron chi connectivity index (χ3n) is 2.25. The van der Waals surface area contributed by atoms with Crippen molar-refractivity contribution >= 4 is 15.9 Å². The van der Waals surface area contributed by atoms with E-state index in [9.17, 15) is 0 Å². The highest BCUT2D eigenvalue weighted by atomic mass is 79.9. The second-order valence-corrected chi connectivity index (χ2v) is 4.13. The first kappa shape index (κ1) is 8.20. The van der Waals surface area contributed by atoms with Crippen molar-refractivity contribution in [3.63, 3.8) is 0 Å². The molecule has 2 heterocycles. The molecule has 0 saturated heterocycles. The Morgan fingerprint density at radius 2 is 2.25 bits per heavy atom. The minimum Gasteiger partial charge on any atom is -0.298 e. The number of hydrogen-bond donors (Lipinski definition) is 0. The summed E-state index contributed by atoms with van der Waals surface area (Å²) in [5.41, 5.74) is 3.85. The van der Waals surface area contributed by atoms with Crippen molar-refractivity contribution in [3.05, 3.63) is 27.5 Å². The summed E-state index contributed by atoms with van der Waals surface area (Å²) in [6, 6.07) is 0. The van der Waals surface area contributed by atoms with Crippen molar-refractivity contribution in [3.8, 4) is 0 Å². The highest BCUT2D eigenvalue weighted by molar-refractivity contribution is 9.10. The van der Waals surface area contributed by atoms with Gasteiger partial charge in [0.15, 0.2) is 0 Å². The van der Waals surface area contributed by atoms with Crippen molar-refractivity contribution in [1.29, 1.82) is 0 Å². The van der Waals surface area contributed by atoms with Crippen LogP contribution in [-0.2, 0) is 13.1 Å². The Kier molecular flexibility index (Phi) is 1.93. The summed E-state index contributed by atoms with van der Waals surface area (Å²) in [6.07, 6.45) is 1.99. The van der Waals surface area contributed by atoms with E-state index in [4.69, 9.17) is 0 Å². The summed E-state index contributed by atoms with van der Waals surface area (Å²) in [5, 5.41) is 0. The predicted molar refractivity (Wildman–Crippen MR) is 51.8 cm³/mol. The van der Waals surface area contributed by atoms with Gasteiger partial charge in [-0.1, -0.05) is 0 Å². The van der Waals surface area contributed by atoms with E-state index in [1.165, 1.54) is 15.6 Å². The second-order valence-electron chi connectivity index (χ2n) is 3.33. The third kappa shape index (κ3) is 1.17. The molecule has 0 unspecified atom stereocenters. The number of nitrogens with zero attached hydrogens (tertiary/aromatic N) is 2. The van der Waals surface area contributed by atoms with Crippen LogP contribution in [0.5, 0.6) is 0 Å². The molecule has 0 aromatic carbocycles. The lowest BCUT2D eigenvalue weighted by Gasteiger charge is -2.04. The van der Waals surface area contributed by atoms with E-state index in [-0.39, 0.29) is 0 Å². The van der Waals surface area contributed by atoms with Crippen molar-refractivity contribution in [2.75, 3.05) is 7.05 Å². The minimum absolute atomic E-state index is 1.03. The largest absolute Gasteiger partial charge is 0.298 e. The van der Waals surface area contributed by atoms with Crippen LogP contribution in [-0.4, -0.2) is 16.9 Å². The van der Waals surface area contributed by atoms with E-state index in [1.54, 1.807) is 0 Å². The molecular formula is C9H11BrN2. The van der Waals surface area contributed by atoms with Gasteiger partial charge in [0.1, 0.15) is 0 Å². The maximum Gasteiger partial charge on any atom is 0.0518 e. The van der Waals surface area contributed by atoms with Crippen molar-refractivity contribution in [1.82, 2.24) is 9.88 Å². The van der Waals surface area contributed by atoms with Crippen LogP contribution in [0.25, 0.3) is 0 Å². The zero-order valence-electron chi connectivity index (χ0n) is 7.26. The molecule has 0 spiro atoms. The average molecular weight is 227 g/mol. The summed E-state index contributed by atoms with van der Waals surface area (Å²) in [5.74, 6) is 0. The van der Waals surface area contributed by atoms with E-state index >= 15 is 0 Å². The highest BCUT2D eigenvalue weighted by Crippen LogP contribution is 2.29. The average Bonchev–Trinajstić information content (AvgIpc) is 2.39. The van der Waals surface area contributed by atoms with Gasteiger partial charge in [-0.2, -0.15) is 0 Å². The first-order chi connectivity index (χ1) is 5.68. The van der Waals surface area contributed by atoms with Gasteiger partial charge in [0.2, 0.25) is 0 Å². The van der Waals surface area contributed by atoms with E-state index in [1.807, 2.05) is 13.1 Å². The fourth-order valence-electron chi connectivity index (χ4n) is 1.59. The lowest BCUT2D eigenvalue weighted by molar-refractivity contribution is 0.353. The molecule has 0 fully saturated rings. The molecule has 12 heavy (non-hydrogen) atoms. The van der Waals surface area contributed by atoms with Gasteiger partial charge in [-0.25, -0.2) is 0 Å². The van der Waals surface area contributed by atoms with Gasteiger partial charge in [-0.15, -0.1) is 0 Å². The summed E-state index contributed by atoms with van der Waals surface area (Å²) >= 11 is 3.57. The Hall–Kier alpha value is -0.410. The molecular weight excluding hydrogens is 216 g/mol. The van der Waals surface area contributed by atoms with Crippen molar-refractivity contribution in [2.45, 2.75) is 20.0 Å². The molecule has 0 atom stereocenters. The van der Waals surface area contributed by atoms with Crippen molar-refractivity contribution in [2.24, 2.45) is 0 Å². The number of aromatic nitrogens is 1. The Balaban J connectivity index is 2.54. The van der Waals surface area contributed by atoms with Crippen LogP contribution >= 0.6 is 15.9 Å². The molecule has 0 radical (unpaired) electrons. The molecule has 0 amide bonds. The van der Waals surface area contributed by atoms with E-state index < -0.39 is 0 Å².